The number of thiazole rings is 1. The first kappa shape index (κ1) is 32.3. The van der Waals surface area contributed by atoms with Crippen molar-refractivity contribution in [1.29, 1.82) is 0 Å². The van der Waals surface area contributed by atoms with Crippen LogP contribution in [-0.4, -0.2) is 38.5 Å². The van der Waals surface area contributed by atoms with E-state index in [1.807, 2.05) is 24.3 Å². The second-order valence-corrected chi connectivity index (χ2v) is 12.1. The highest BCUT2D eigenvalue weighted by Crippen LogP contribution is 2.38. The fourth-order valence-electron chi connectivity index (χ4n) is 5.01. The number of fused-ring (bicyclic) bond motifs is 1. The maximum Gasteiger partial charge on any atom is 0.338 e. The minimum atomic E-state index is -0.802. The van der Waals surface area contributed by atoms with Crippen molar-refractivity contribution < 1.29 is 28.5 Å². The Bertz CT molecular complexity index is 1990. The Hall–Kier alpha value is -4.06. The summed E-state index contributed by atoms with van der Waals surface area (Å²) < 4.78 is 30.6. The van der Waals surface area contributed by atoms with E-state index in [0.717, 1.165) is 5.56 Å². The van der Waals surface area contributed by atoms with Gasteiger partial charge < -0.3 is 23.7 Å². The molecule has 1 aliphatic heterocycles. The van der Waals surface area contributed by atoms with E-state index in [-0.39, 0.29) is 24.3 Å². The van der Waals surface area contributed by atoms with E-state index in [2.05, 4.69) is 20.9 Å². The maximum atomic E-state index is 14.1. The first-order valence-corrected chi connectivity index (χ1v) is 15.8. The zero-order chi connectivity index (χ0) is 32.2. The summed E-state index contributed by atoms with van der Waals surface area (Å²) in [5.41, 5.74) is 2.58. The van der Waals surface area contributed by atoms with Gasteiger partial charge in [0.1, 0.15) is 6.61 Å². The molecule has 0 bridgehead atoms. The van der Waals surface area contributed by atoms with Crippen LogP contribution >= 0.6 is 38.9 Å². The predicted octanol–water partition coefficient (Wildman–Crippen LogP) is 5.82. The van der Waals surface area contributed by atoms with Crippen LogP contribution in [0.25, 0.3) is 6.08 Å². The van der Waals surface area contributed by atoms with Crippen LogP contribution in [0.5, 0.6) is 23.0 Å². The maximum absolute atomic E-state index is 14.1. The molecule has 45 heavy (non-hydrogen) atoms. The number of carbonyl (C=O) groups excluding carboxylic acids is 1. The highest BCUT2D eigenvalue weighted by molar-refractivity contribution is 9.10. The number of nitrogens with zero attached hydrogens (tertiary/aromatic N) is 2. The Kier molecular flexibility index (Phi) is 10.0. The van der Waals surface area contributed by atoms with E-state index in [1.54, 1.807) is 64.5 Å². The monoisotopic (exact) mass is 712 g/mol. The normalized spacial score (nSPS) is 14.5. The Morgan fingerprint density at radius 1 is 1.04 bits per heavy atom. The number of hydrogen-bond acceptors (Lipinski definition) is 9. The number of carbonyl (C=O) groups is 1. The molecule has 12 heteroatoms. The molecule has 3 aromatic carbocycles. The van der Waals surface area contributed by atoms with Gasteiger partial charge in [0.05, 0.1) is 54.3 Å². The van der Waals surface area contributed by atoms with Crippen molar-refractivity contribution in [2.45, 2.75) is 26.5 Å². The second-order valence-electron chi connectivity index (χ2n) is 9.83. The van der Waals surface area contributed by atoms with Gasteiger partial charge in [-0.3, -0.25) is 9.36 Å². The largest absolute Gasteiger partial charge is 0.493 e. The highest BCUT2D eigenvalue weighted by atomic mass is 79.9. The zero-order valence-electron chi connectivity index (χ0n) is 25.2. The van der Waals surface area contributed by atoms with Crippen LogP contribution in [0.1, 0.15) is 36.6 Å². The average Bonchev–Trinajstić information content (AvgIpc) is 3.33. The minimum Gasteiger partial charge on any atom is -0.493 e. The van der Waals surface area contributed by atoms with Crippen LogP contribution in [-0.2, 0) is 16.1 Å². The second kappa shape index (κ2) is 13.9. The van der Waals surface area contributed by atoms with E-state index in [0.29, 0.717) is 58.7 Å². The molecule has 0 fully saturated rings. The van der Waals surface area contributed by atoms with Gasteiger partial charge in [0.15, 0.2) is 27.8 Å². The van der Waals surface area contributed by atoms with Gasteiger partial charge in [0, 0.05) is 10.6 Å². The molecule has 1 atom stereocenters. The number of esters is 1. The molecule has 0 aliphatic carbocycles. The van der Waals surface area contributed by atoms with Crippen LogP contribution in [0.4, 0.5) is 0 Å². The molecule has 0 saturated heterocycles. The van der Waals surface area contributed by atoms with E-state index in [4.69, 9.17) is 35.3 Å². The van der Waals surface area contributed by atoms with Gasteiger partial charge in [0.25, 0.3) is 5.56 Å². The summed E-state index contributed by atoms with van der Waals surface area (Å²) in [4.78, 5) is 32.4. The van der Waals surface area contributed by atoms with Crippen LogP contribution in [0.15, 0.2) is 80.1 Å². The lowest BCUT2D eigenvalue weighted by Crippen LogP contribution is -2.40. The van der Waals surface area contributed by atoms with Crippen LogP contribution in [0, 0.1) is 0 Å². The van der Waals surface area contributed by atoms with E-state index < -0.39 is 12.0 Å². The van der Waals surface area contributed by atoms with Gasteiger partial charge in [-0.25, -0.2) is 9.79 Å². The molecule has 0 saturated carbocycles. The SMILES string of the molecule is CCOC(=O)C1=C(C)N=c2s/c(=C\c3cc(Br)c(OCc4ccccc4Cl)c(OC)c3)c(=O)n2[C@@H]1c1ccc(OC)c(OC)c1. The summed E-state index contributed by atoms with van der Waals surface area (Å²) in [6.07, 6.45) is 1.75. The summed E-state index contributed by atoms with van der Waals surface area (Å²) in [5, 5.41) is 0.604. The zero-order valence-corrected chi connectivity index (χ0v) is 28.3. The summed E-state index contributed by atoms with van der Waals surface area (Å²) in [6.45, 7) is 3.88. The van der Waals surface area contributed by atoms with Crippen molar-refractivity contribution in [3.8, 4) is 23.0 Å². The standard InChI is InChI=1S/C33H30BrClN2O7S/c1-6-43-32(39)28-18(2)36-33-37(29(28)20-11-12-24(40-3)25(16-20)41-4)31(38)27(45-33)15-19-13-22(34)30(26(14-19)42-5)44-17-21-9-7-8-10-23(21)35/h7-16,29H,6,17H2,1-5H3/b27-15-/t29-/m1/s1. The molecule has 1 aromatic heterocycles. The molecule has 0 amide bonds. The van der Waals surface area contributed by atoms with E-state index >= 15 is 0 Å². The number of allylic oxidation sites excluding steroid dienone is 1. The number of rotatable bonds is 10. The molecule has 0 spiro atoms. The molecule has 0 N–H and O–H groups in total. The fraction of sp³-hybridized carbons (Fsp3) is 0.242. The molecule has 9 nitrogen and oxygen atoms in total. The molecule has 5 rings (SSSR count). The van der Waals surface area contributed by atoms with Crippen LogP contribution in [0.3, 0.4) is 0 Å². The minimum absolute atomic E-state index is 0.174. The van der Waals surface area contributed by atoms with Crippen LogP contribution in [0.2, 0.25) is 5.02 Å². The average molecular weight is 714 g/mol. The first-order chi connectivity index (χ1) is 21.7. The summed E-state index contributed by atoms with van der Waals surface area (Å²) >= 11 is 11.1. The molecule has 234 valence electrons. The van der Waals surface area contributed by atoms with E-state index in [9.17, 15) is 9.59 Å². The van der Waals surface area contributed by atoms with Gasteiger partial charge in [-0.15, -0.1) is 0 Å². The fourth-order valence-corrected chi connectivity index (χ4v) is 6.82. The molecular weight excluding hydrogens is 684 g/mol. The van der Waals surface area contributed by atoms with Crippen molar-refractivity contribution >= 4 is 50.9 Å². The van der Waals surface area contributed by atoms with Gasteiger partial charge in [-0.05, 0) is 77.3 Å². The third-order valence-electron chi connectivity index (χ3n) is 7.12. The highest BCUT2D eigenvalue weighted by Gasteiger charge is 2.34. The summed E-state index contributed by atoms with van der Waals surface area (Å²) in [5.74, 6) is 1.40. The molecule has 2 heterocycles. The Morgan fingerprint density at radius 3 is 2.47 bits per heavy atom. The number of methoxy groups -OCH3 is 3. The van der Waals surface area contributed by atoms with Crippen LogP contribution < -0.4 is 33.8 Å². The number of aromatic nitrogens is 1. The third-order valence-corrected chi connectivity index (χ3v) is 9.06. The Balaban J connectivity index is 1.60. The van der Waals surface area contributed by atoms with Gasteiger partial charge in [0.2, 0.25) is 0 Å². The van der Waals surface area contributed by atoms with Gasteiger partial charge >= 0.3 is 5.97 Å². The van der Waals surface area contributed by atoms with Crippen molar-refractivity contribution in [3.63, 3.8) is 0 Å². The van der Waals surface area contributed by atoms with Crippen molar-refractivity contribution in [2.24, 2.45) is 4.99 Å². The summed E-state index contributed by atoms with van der Waals surface area (Å²) in [7, 11) is 4.62. The number of hydrogen-bond donors (Lipinski definition) is 0. The van der Waals surface area contributed by atoms with E-state index in [1.165, 1.54) is 23.0 Å². The number of ether oxygens (including phenoxy) is 5. The van der Waals surface area contributed by atoms with Gasteiger partial charge in [-0.1, -0.05) is 47.2 Å². The summed E-state index contributed by atoms with van der Waals surface area (Å²) in [6, 6.07) is 15.5. The smallest absolute Gasteiger partial charge is 0.338 e. The topological polar surface area (TPSA) is 97.6 Å². The molecule has 1 aliphatic rings. The first-order valence-electron chi connectivity index (χ1n) is 13.9. The molecular formula is C33H30BrClN2O7S. The lowest BCUT2D eigenvalue weighted by Gasteiger charge is -2.25. The quantitative estimate of drug-likeness (QED) is 0.191. The Labute approximate surface area is 277 Å². The Morgan fingerprint density at radius 2 is 1.78 bits per heavy atom. The molecule has 4 aromatic rings. The lowest BCUT2D eigenvalue weighted by molar-refractivity contribution is -0.139. The molecule has 0 radical (unpaired) electrons. The lowest BCUT2D eigenvalue weighted by atomic mass is 9.95. The van der Waals surface area contributed by atoms with Crippen molar-refractivity contribution in [3.05, 3.63) is 112 Å². The number of halogens is 2. The van der Waals surface area contributed by atoms with Crippen molar-refractivity contribution in [2.75, 3.05) is 27.9 Å². The predicted molar refractivity (Wildman–Crippen MR) is 176 cm³/mol. The molecule has 0 unspecified atom stereocenters. The number of benzene rings is 3. The third kappa shape index (κ3) is 6.51. The van der Waals surface area contributed by atoms with Gasteiger partial charge in [-0.2, -0.15) is 0 Å². The van der Waals surface area contributed by atoms with Crippen molar-refractivity contribution in [1.82, 2.24) is 4.57 Å².